The summed E-state index contributed by atoms with van der Waals surface area (Å²) >= 11 is 1.54. The van der Waals surface area contributed by atoms with Crippen LogP contribution in [0.1, 0.15) is 12.8 Å². The van der Waals surface area contributed by atoms with Gasteiger partial charge in [0.1, 0.15) is 11.5 Å². The average molecular weight is 505 g/mol. The van der Waals surface area contributed by atoms with Crippen LogP contribution in [0.3, 0.4) is 0 Å². The molecule has 8 nitrogen and oxygen atoms in total. The molecule has 2 heterocycles. The van der Waals surface area contributed by atoms with E-state index < -0.39 is 15.1 Å². The van der Waals surface area contributed by atoms with Crippen LogP contribution in [0.25, 0.3) is 11.3 Å². The summed E-state index contributed by atoms with van der Waals surface area (Å²) in [6.45, 7) is 1.22. The molecule has 0 aliphatic carbocycles. The zero-order valence-corrected chi connectivity index (χ0v) is 21.2. The van der Waals surface area contributed by atoms with Crippen molar-refractivity contribution < 1.29 is 27.4 Å². The summed E-state index contributed by atoms with van der Waals surface area (Å²) in [5.74, 6) is 2.36. The topological polar surface area (TPSA) is 87.2 Å². The normalized spacial score (nSPS) is 14.6. The van der Waals surface area contributed by atoms with Gasteiger partial charge < -0.3 is 23.8 Å². The third-order valence-electron chi connectivity index (χ3n) is 6.01. The van der Waals surface area contributed by atoms with E-state index in [9.17, 15) is 8.42 Å². The maximum atomic E-state index is 13.3. The molecule has 0 atom stereocenters. The number of hydrogen-bond donors (Lipinski definition) is 0. The lowest BCUT2D eigenvalue weighted by atomic mass is 10.1. The van der Waals surface area contributed by atoms with Crippen molar-refractivity contribution in [2.24, 2.45) is 0 Å². The summed E-state index contributed by atoms with van der Waals surface area (Å²) in [6.07, 6.45) is 1.04. The van der Waals surface area contributed by atoms with Crippen LogP contribution < -0.4 is 23.8 Å². The second kappa shape index (κ2) is 10.1. The molecule has 1 saturated heterocycles. The van der Waals surface area contributed by atoms with Crippen molar-refractivity contribution in [2.75, 3.05) is 46.4 Å². The highest BCUT2D eigenvalue weighted by Crippen LogP contribution is 2.37. The minimum absolute atomic E-state index is 0.255. The second-order valence-electron chi connectivity index (χ2n) is 7.83. The summed E-state index contributed by atoms with van der Waals surface area (Å²) in [5.41, 5.74) is 1.66. The Bertz CT molecular complexity index is 1250. The summed E-state index contributed by atoms with van der Waals surface area (Å²) in [4.78, 5) is 7.20. The molecule has 1 fully saturated rings. The Kier molecular flexibility index (Phi) is 7.18. The summed E-state index contributed by atoms with van der Waals surface area (Å²) in [6, 6.07) is 10.4. The lowest BCUT2D eigenvalue weighted by molar-refractivity contribution is 0.354. The molecule has 1 aliphatic rings. The van der Waals surface area contributed by atoms with Gasteiger partial charge in [-0.1, -0.05) is 0 Å². The molecule has 10 heteroatoms. The van der Waals surface area contributed by atoms with Crippen LogP contribution in [0.15, 0.2) is 46.7 Å². The molecule has 0 amide bonds. The van der Waals surface area contributed by atoms with E-state index in [0.29, 0.717) is 37.4 Å². The number of hydrogen-bond acceptors (Lipinski definition) is 9. The van der Waals surface area contributed by atoms with Crippen molar-refractivity contribution >= 4 is 26.3 Å². The molecule has 0 N–H and O–H groups in total. The first-order valence-corrected chi connectivity index (χ1v) is 13.2. The van der Waals surface area contributed by atoms with E-state index in [1.807, 2.05) is 23.6 Å². The molecular weight excluding hydrogens is 476 g/mol. The maximum absolute atomic E-state index is 13.3. The number of nitrogens with zero attached hydrogens (tertiary/aromatic N) is 2. The Hall–Kier alpha value is -2.98. The fourth-order valence-electron chi connectivity index (χ4n) is 4.09. The predicted molar refractivity (Wildman–Crippen MR) is 133 cm³/mol. The molecule has 1 aliphatic heterocycles. The molecule has 0 spiro atoms. The van der Waals surface area contributed by atoms with E-state index in [4.69, 9.17) is 23.9 Å². The van der Waals surface area contributed by atoms with Gasteiger partial charge in [-0.2, -0.15) is 0 Å². The molecule has 1 aromatic heterocycles. The second-order valence-corrected chi connectivity index (χ2v) is 10.9. The van der Waals surface area contributed by atoms with Gasteiger partial charge in [0.15, 0.2) is 26.5 Å². The van der Waals surface area contributed by atoms with Gasteiger partial charge in [0.2, 0.25) is 0 Å². The van der Waals surface area contributed by atoms with Gasteiger partial charge in [-0.25, -0.2) is 13.4 Å². The van der Waals surface area contributed by atoms with Gasteiger partial charge in [-0.3, -0.25) is 0 Å². The predicted octanol–water partition coefficient (Wildman–Crippen LogP) is 4.29. The van der Waals surface area contributed by atoms with Crippen molar-refractivity contribution in [1.29, 1.82) is 0 Å². The highest BCUT2D eigenvalue weighted by molar-refractivity contribution is 7.92. The fourth-order valence-corrected chi connectivity index (χ4v) is 6.72. The summed E-state index contributed by atoms with van der Waals surface area (Å²) < 4.78 is 47.9. The van der Waals surface area contributed by atoms with Gasteiger partial charge in [-0.15, -0.1) is 11.3 Å². The van der Waals surface area contributed by atoms with Crippen molar-refractivity contribution in [3.8, 4) is 34.3 Å². The van der Waals surface area contributed by atoms with Crippen molar-refractivity contribution in [2.45, 2.75) is 23.0 Å². The van der Waals surface area contributed by atoms with Crippen LogP contribution in [-0.4, -0.2) is 60.2 Å². The number of ether oxygens (including phenoxy) is 4. The van der Waals surface area contributed by atoms with Gasteiger partial charge in [-0.05, 0) is 43.2 Å². The smallest absolute Gasteiger partial charge is 0.185 e. The highest BCUT2D eigenvalue weighted by Gasteiger charge is 2.33. The zero-order chi connectivity index (χ0) is 24.3. The molecule has 4 rings (SSSR count). The van der Waals surface area contributed by atoms with Crippen LogP contribution in [0, 0.1) is 0 Å². The monoisotopic (exact) mass is 504 g/mol. The molecule has 2 aromatic carbocycles. The lowest BCUT2D eigenvalue weighted by Crippen LogP contribution is -2.39. The minimum Gasteiger partial charge on any atom is -0.497 e. The molecule has 0 radical (unpaired) electrons. The third-order valence-corrected chi connectivity index (χ3v) is 9.17. The largest absolute Gasteiger partial charge is 0.497 e. The highest BCUT2D eigenvalue weighted by atomic mass is 32.2. The van der Waals surface area contributed by atoms with Crippen molar-refractivity contribution in [3.05, 3.63) is 41.8 Å². The van der Waals surface area contributed by atoms with Crippen LogP contribution in [-0.2, 0) is 9.84 Å². The third kappa shape index (κ3) is 4.65. The molecule has 0 unspecified atom stereocenters. The summed E-state index contributed by atoms with van der Waals surface area (Å²) in [7, 11) is 2.78. The molecule has 3 aromatic rings. The maximum Gasteiger partial charge on any atom is 0.185 e. The molecule has 0 bridgehead atoms. The average Bonchev–Trinajstić information content (AvgIpc) is 3.38. The van der Waals surface area contributed by atoms with Gasteiger partial charge in [0.25, 0.3) is 0 Å². The molecule has 182 valence electrons. The number of aromatic nitrogens is 1. The molecule has 34 heavy (non-hydrogen) atoms. The number of rotatable bonds is 8. The summed E-state index contributed by atoms with van der Waals surface area (Å²) in [5, 5.41) is 2.39. The Balaban J connectivity index is 1.48. The zero-order valence-electron chi connectivity index (χ0n) is 19.6. The standard InChI is InChI=1S/C24H28N2O6S2/c1-29-16-5-7-21(30-2)19(13-16)20-15-33-24(25-20)26-11-9-17(10-12-26)34(27,28)18-6-8-22(31-3)23(14-18)32-4/h5-8,13-15,17H,9-12H2,1-4H3. The van der Waals surface area contributed by atoms with E-state index in [1.54, 1.807) is 26.4 Å². The molecular formula is C24H28N2O6S2. The first-order valence-electron chi connectivity index (χ1n) is 10.8. The number of thiazole rings is 1. The van der Waals surface area contributed by atoms with E-state index in [-0.39, 0.29) is 4.90 Å². The van der Waals surface area contributed by atoms with Crippen LogP contribution in [0.4, 0.5) is 5.13 Å². The van der Waals surface area contributed by atoms with Crippen molar-refractivity contribution in [3.63, 3.8) is 0 Å². The Morgan fingerprint density at radius 3 is 2.21 bits per heavy atom. The van der Waals surface area contributed by atoms with Gasteiger partial charge >= 0.3 is 0 Å². The number of piperidine rings is 1. The first kappa shape index (κ1) is 24.2. The Morgan fingerprint density at radius 2 is 1.56 bits per heavy atom. The SMILES string of the molecule is COc1ccc(OC)c(-c2csc(N3CCC(S(=O)(=O)c4ccc(OC)c(OC)c4)CC3)n2)c1. The quantitative estimate of drug-likeness (QED) is 0.449. The number of anilines is 1. The van der Waals surface area contributed by atoms with Crippen LogP contribution >= 0.6 is 11.3 Å². The van der Waals surface area contributed by atoms with E-state index in [1.165, 1.54) is 31.6 Å². The Labute approximate surface area is 204 Å². The van der Waals surface area contributed by atoms with E-state index in [2.05, 4.69) is 4.90 Å². The number of sulfone groups is 1. The van der Waals surface area contributed by atoms with E-state index in [0.717, 1.165) is 27.9 Å². The van der Waals surface area contributed by atoms with Crippen molar-refractivity contribution in [1.82, 2.24) is 4.98 Å². The number of methoxy groups -OCH3 is 4. The van der Waals surface area contributed by atoms with E-state index >= 15 is 0 Å². The molecule has 0 saturated carbocycles. The van der Waals surface area contributed by atoms with Gasteiger partial charge in [0, 0.05) is 30.1 Å². The minimum atomic E-state index is -3.49. The van der Waals surface area contributed by atoms with Gasteiger partial charge in [0.05, 0.1) is 44.3 Å². The first-order chi connectivity index (χ1) is 16.4. The number of benzene rings is 2. The van der Waals surface area contributed by atoms with Crippen LogP contribution in [0.5, 0.6) is 23.0 Å². The van der Waals surface area contributed by atoms with Crippen LogP contribution in [0.2, 0.25) is 0 Å². The lowest BCUT2D eigenvalue weighted by Gasteiger charge is -2.31. The fraction of sp³-hybridized carbons (Fsp3) is 0.375. The Morgan fingerprint density at radius 1 is 0.882 bits per heavy atom.